The molecule has 3 rings (SSSR count). The molecular weight excluding hydrogens is 300 g/mol. The zero-order chi connectivity index (χ0) is 16.4. The van der Waals surface area contributed by atoms with Gasteiger partial charge in [-0.1, -0.05) is 24.3 Å². The fourth-order valence-electron chi connectivity index (χ4n) is 2.15. The summed E-state index contributed by atoms with van der Waals surface area (Å²) in [7, 11) is 0. The van der Waals surface area contributed by atoms with Gasteiger partial charge in [-0.25, -0.2) is 9.59 Å². The molecule has 2 N–H and O–H groups in total. The molecule has 0 amide bonds. The Balaban J connectivity index is 2.09. The second-order valence-corrected chi connectivity index (χ2v) is 4.61. The molecule has 0 radical (unpaired) electrons. The van der Waals surface area contributed by atoms with Crippen molar-refractivity contribution in [3.8, 4) is 22.9 Å². The molecule has 0 saturated heterocycles. The molecule has 1 heterocycles. The average molecular weight is 310 g/mol. The van der Waals surface area contributed by atoms with Crippen molar-refractivity contribution in [1.82, 2.24) is 10.2 Å². The van der Waals surface area contributed by atoms with Crippen LogP contribution >= 0.6 is 0 Å². The van der Waals surface area contributed by atoms with Gasteiger partial charge in [0.15, 0.2) is 0 Å². The minimum absolute atomic E-state index is 0.0122. The van der Waals surface area contributed by atoms with Gasteiger partial charge >= 0.3 is 11.9 Å². The average Bonchev–Trinajstić information content (AvgIpc) is 3.04. The molecule has 1 aromatic heterocycles. The number of rotatable bonds is 4. The summed E-state index contributed by atoms with van der Waals surface area (Å²) in [6.07, 6.45) is 0. The highest BCUT2D eigenvalue weighted by atomic mass is 16.4. The first-order valence-corrected chi connectivity index (χ1v) is 6.57. The lowest BCUT2D eigenvalue weighted by Crippen LogP contribution is -1.99. The van der Waals surface area contributed by atoms with Crippen LogP contribution in [-0.2, 0) is 0 Å². The summed E-state index contributed by atoms with van der Waals surface area (Å²) in [4.78, 5) is 22.5. The van der Waals surface area contributed by atoms with Crippen molar-refractivity contribution >= 4 is 11.9 Å². The van der Waals surface area contributed by atoms with Crippen LogP contribution < -0.4 is 0 Å². The molecule has 3 aromatic rings. The Hall–Kier alpha value is -3.48. The van der Waals surface area contributed by atoms with Gasteiger partial charge in [-0.2, -0.15) is 0 Å². The molecule has 0 bridgehead atoms. The number of carboxylic acid groups (broad SMARTS) is 2. The summed E-state index contributed by atoms with van der Waals surface area (Å²) in [5.41, 5.74) is 0.585. The molecule has 0 aliphatic rings. The molecule has 0 saturated carbocycles. The largest absolute Gasteiger partial charge is 0.478 e. The van der Waals surface area contributed by atoms with Crippen molar-refractivity contribution in [1.29, 1.82) is 0 Å². The zero-order valence-corrected chi connectivity index (χ0v) is 11.6. The lowest BCUT2D eigenvalue weighted by atomic mass is 10.1. The van der Waals surface area contributed by atoms with Crippen molar-refractivity contribution in [2.75, 3.05) is 0 Å². The van der Waals surface area contributed by atoms with Crippen LogP contribution in [0.1, 0.15) is 20.7 Å². The van der Waals surface area contributed by atoms with E-state index in [-0.39, 0.29) is 34.0 Å². The van der Waals surface area contributed by atoms with Crippen molar-refractivity contribution in [3.63, 3.8) is 0 Å². The molecule has 114 valence electrons. The SMILES string of the molecule is O=C(O)c1ccccc1-c1nnc(-c2ccccc2C(=O)O)o1. The van der Waals surface area contributed by atoms with E-state index in [9.17, 15) is 19.8 Å². The van der Waals surface area contributed by atoms with Crippen LogP contribution in [0.2, 0.25) is 0 Å². The van der Waals surface area contributed by atoms with Crippen molar-refractivity contribution in [2.45, 2.75) is 0 Å². The fraction of sp³-hybridized carbons (Fsp3) is 0. The van der Waals surface area contributed by atoms with Gasteiger partial charge in [0, 0.05) is 0 Å². The van der Waals surface area contributed by atoms with Gasteiger partial charge in [0.05, 0.1) is 22.3 Å². The minimum atomic E-state index is -1.12. The van der Waals surface area contributed by atoms with Gasteiger partial charge in [-0.15, -0.1) is 10.2 Å². The molecule has 0 unspecified atom stereocenters. The van der Waals surface area contributed by atoms with E-state index in [1.165, 1.54) is 12.1 Å². The van der Waals surface area contributed by atoms with Crippen LogP contribution in [0.5, 0.6) is 0 Å². The van der Waals surface area contributed by atoms with Gasteiger partial charge in [-0.3, -0.25) is 0 Å². The Bertz CT molecular complexity index is 829. The molecule has 7 heteroatoms. The molecule has 0 spiro atoms. The van der Waals surface area contributed by atoms with Crippen LogP contribution in [0.25, 0.3) is 22.9 Å². The number of nitrogens with zero attached hydrogens (tertiary/aromatic N) is 2. The predicted octanol–water partition coefficient (Wildman–Crippen LogP) is 2.80. The van der Waals surface area contributed by atoms with E-state index in [0.717, 1.165) is 0 Å². The smallest absolute Gasteiger partial charge is 0.336 e. The van der Waals surface area contributed by atoms with Crippen LogP contribution in [0.3, 0.4) is 0 Å². The third-order valence-electron chi connectivity index (χ3n) is 3.20. The number of aromatic nitrogens is 2. The zero-order valence-electron chi connectivity index (χ0n) is 11.6. The Morgan fingerprint density at radius 3 is 1.52 bits per heavy atom. The van der Waals surface area contributed by atoms with Gasteiger partial charge in [-0.05, 0) is 24.3 Å². The minimum Gasteiger partial charge on any atom is -0.478 e. The van der Waals surface area contributed by atoms with Crippen LogP contribution in [0, 0.1) is 0 Å². The molecule has 7 nitrogen and oxygen atoms in total. The van der Waals surface area contributed by atoms with E-state index in [0.29, 0.717) is 0 Å². The number of hydrogen-bond donors (Lipinski definition) is 2. The highest BCUT2D eigenvalue weighted by Crippen LogP contribution is 2.28. The van der Waals surface area contributed by atoms with E-state index in [2.05, 4.69) is 10.2 Å². The lowest BCUT2D eigenvalue weighted by molar-refractivity contribution is 0.0687. The first-order valence-electron chi connectivity index (χ1n) is 6.57. The number of carboxylic acids is 2. The Labute approximate surface area is 129 Å². The number of aromatic carboxylic acids is 2. The highest BCUT2D eigenvalue weighted by Gasteiger charge is 2.19. The van der Waals surface area contributed by atoms with Crippen molar-refractivity contribution in [2.24, 2.45) is 0 Å². The number of hydrogen-bond acceptors (Lipinski definition) is 5. The molecular formula is C16H10N2O5. The van der Waals surface area contributed by atoms with E-state index in [4.69, 9.17) is 4.42 Å². The third kappa shape index (κ3) is 2.67. The molecule has 0 aliphatic carbocycles. The molecule has 0 atom stereocenters. The standard InChI is InChI=1S/C16H10N2O5/c19-15(20)11-7-3-1-5-9(11)13-17-18-14(23-13)10-6-2-4-8-12(10)16(21)22/h1-8H,(H,19,20)(H,21,22). The summed E-state index contributed by atoms with van der Waals surface area (Å²) in [6.45, 7) is 0. The van der Waals surface area contributed by atoms with Gasteiger partial charge in [0.1, 0.15) is 0 Å². The van der Waals surface area contributed by atoms with Crippen molar-refractivity contribution < 1.29 is 24.2 Å². The van der Waals surface area contributed by atoms with E-state index in [1.807, 2.05) is 0 Å². The summed E-state index contributed by atoms with van der Waals surface area (Å²) < 4.78 is 5.49. The topological polar surface area (TPSA) is 114 Å². The Morgan fingerprint density at radius 2 is 1.13 bits per heavy atom. The van der Waals surface area contributed by atoms with Gasteiger partial charge in [0.2, 0.25) is 11.8 Å². The normalized spacial score (nSPS) is 10.4. The maximum Gasteiger partial charge on any atom is 0.336 e. The maximum atomic E-state index is 11.2. The first kappa shape index (κ1) is 14.5. The first-order chi connectivity index (χ1) is 11.1. The van der Waals surface area contributed by atoms with Gasteiger partial charge in [0.25, 0.3) is 0 Å². The number of benzene rings is 2. The van der Waals surface area contributed by atoms with E-state index >= 15 is 0 Å². The van der Waals surface area contributed by atoms with Crippen LogP contribution in [0.4, 0.5) is 0 Å². The second kappa shape index (κ2) is 5.72. The van der Waals surface area contributed by atoms with Crippen molar-refractivity contribution in [3.05, 3.63) is 59.7 Å². The summed E-state index contributed by atoms with van der Waals surface area (Å²) in [5, 5.41) is 26.1. The predicted molar refractivity (Wildman–Crippen MR) is 79.1 cm³/mol. The van der Waals surface area contributed by atoms with E-state index in [1.54, 1.807) is 36.4 Å². The Kier molecular flexibility index (Phi) is 3.60. The summed E-state index contributed by atoms with van der Waals surface area (Å²) >= 11 is 0. The van der Waals surface area contributed by atoms with Crippen LogP contribution in [0.15, 0.2) is 52.9 Å². The summed E-state index contributed by atoms with van der Waals surface area (Å²) in [5.74, 6) is -2.21. The fourth-order valence-corrected chi connectivity index (χ4v) is 2.15. The van der Waals surface area contributed by atoms with E-state index < -0.39 is 11.9 Å². The molecule has 2 aromatic carbocycles. The molecule has 0 fully saturated rings. The molecule has 0 aliphatic heterocycles. The lowest BCUT2D eigenvalue weighted by Gasteiger charge is -2.01. The molecule has 23 heavy (non-hydrogen) atoms. The third-order valence-corrected chi connectivity index (χ3v) is 3.20. The number of carbonyl (C=O) groups is 2. The maximum absolute atomic E-state index is 11.2. The second-order valence-electron chi connectivity index (χ2n) is 4.61. The summed E-state index contributed by atoms with van der Waals surface area (Å²) in [6, 6.07) is 12.4. The Morgan fingerprint density at radius 1 is 0.739 bits per heavy atom. The van der Waals surface area contributed by atoms with Gasteiger partial charge < -0.3 is 14.6 Å². The monoisotopic (exact) mass is 310 g/mol. The quantitative estimate of drug-likeness (QED) is 0.761. The highest BCUT2D eigenvalue weighted by molar-refractivity contribution is 5.96. The van der Waals surface area contributed by atoms with Crippen LogP contribution in [-0.4, -0.2) is 32.3 Å².